The second kappa shape index (κ2) is 9.61. The van der Waals surface area contributed by atoms with Crippen molar-refractivity contribution in [1.29, 1.82) is 0 Å². The summed E-state index contributed by atoms with van der Waals surface area (Å²) in [6.45, 7) is 2.47. The molecule has 0 aromatic carbocycles. The first-order valence-corrected chi connectivity index (χ1v) is 11.6. The molecule has 5 rings (SSSR count). The summed E-state index contributed by atoms with van der Waals surface area (Å²) >= 11 is 18.5. The van der Waals surface area contributed by atoms with Crippen molar-refractivity contribution < 1.29 is 4.79 Å². The Morgan fingerprint density at radius 3 is 2.44 bits per heavy atom. The third-order valence-corrected chi connectivity index (χ3v) is 6.39. The van der Waals surface area contributed by atoms with Crippen molar-refractivity contribution in [2.45, 2.75) is 0 Å². The molecule has 0 radical (unpaired) electrons. The van der Waals surface area contributed by atoms with Gasteiger partial charge in [0.25, 0.3) is 0 Å². The fraction of sp³-hybridized carbons (Fsp3) is 0.227. The van der Waals surface area contributed by atoms with Crippen LogP contribution < -0.4 is 10.2 Å². The molecular formula is C22H19Cl3N8O. The van der Waals surface area contributed by atoms with E-state index >= 15 is 0 Å². The summed E-state index contributed by atoms with van der Waals surface area (Å²) < 4.78 is 1.86. The van der Waals surface area contributed by atoms with Crippen LogP contribution >= 0.6 is 34.8 Å². The second-order valence-electron chi connectivity index (χ2n) is 7.66. The lowest BCUT2D eigenvalue weighted by Gasteiger charge is -2.36. The summed E-state index contributed by atoms with van der Waals surface area (Å²) in [6, 6.07) is 3.54. The van der Waals surface area contributed by atoms with Crippen LogP contribution in [0.25, 0.3) is 16.9 Å². The van der Waals surface area contributed by atoms with E-state index in [2.05, 4.69) is 30.2 Å². The zero-order chi connectivity index (χ0) is 23.7. The SMILES string of the molecule is O=C(CNc1c(-c2ccc(Cl)nc2)nc2cnccn12)N1CCN(c2c(Cl)cncc2Cl)CC1. The fourth-order valence-corrected chi connectivity index (χ4v) is 4.67. The molecule has 0 unspecified atom stereocenters. The predicted molar refractivity (Wildman–Crippen MR) is 133 cm³/mol. The van der Waals surface area contributed by atoms with Crippen molar-refractivity contribution in [3.63, 3.8) is 0 Å². The summed E-state index contributed by atoms with van der Waals surface area (Å²) in [5, 5.41) is 4.66. The number of amides is 1. The monoisotopic (exact) mass is 516 g/mol. The number of carbonyl (C=O) groups is 1. The number of hydrogen-bond donors (Lipinski definition) is 1. The Hall–Kier alpha value is -3.14. The lowest BCUT2D eigenvalue weighted by atomic mass is 10.2. The Bertz CT molecular complexity index is 1320. The Morgan fingerprint density at radius 2 is 1.74 bits per heavy atom. The van der Waals surface area contributed by atoms with E-state index in [1.54, 1.807) is 43.2 Å². The second-order valence-corrected chi connectivity index (χ2v) is 8.86. The smallest absolute Gasteiger partial charge is 0.242 e. The molecule has 1 saturated heterocycles. The van der Waals surface area contributed by atoms with Gasteiger partial charge in [0.15, 0.2) is 5.65 Å². The number of carbonyl (C=O) groups excluding carboxylic acids is 1. The third-order valence-electron chi connectivity index (χ3n) is 5.61. The quantitative estimate of drug-likeness (QED) is 0.401. The number of nitrogens with zero attached hydrogens (tertiary/aromatic N) is 7. The molecule has 1 fully saturated rings. The van der Waals surface area contributed by atoms with Crippen molar-refractivity contribution >= 4 is 57.9 Å². The Labute approximate surface area is 210 Å². The van der Waals surface area contributed by atoms with Gasteiger partial charge in [-0.25, -0.2) is 9.97 Å². The van der Waals surface area contributed by atoms with Crippen LogP contribution in [0.1, 0.15) is 0 Å². The molecule has 9 nitrogen and oxygen atoms in total. The van der Waals surface area contributed by atoms with Gasteiger partial charge in [0.1, 0.15) is 16.7 Å². The normalized spacial score (nSPS) is 14.0. The highest BCUT2D eigenvalue weighted by Gasteiger charge is 2.24. The van der Waals surface area contributed by atoms with Crippen LogP contribution in [-0.2, 0) is 4.79 Å². The molecule has 34 heavy (non-hydrogen) atoms. The Balaban J connectivity index is 1.29. The number of fused-ring (bicyclic) bond motifs is 1. The largest absolute Gasteiger partial charge is 0.365 e. The Kier molecular flexibility index (Phi) is 6.40. The molecular weight excluding hydrogens is 499 g/mol. The summed E-state index contributed by atoms with van der Waals surface area (Å²) in [5.74, 6) is 0.666. The molecule has 0 bridgehead atoms. The minimum Gasteiger partial charge on any atom is -0.365 e. The van der Waals surface area contributed by atoms with E-state index < -0.39 is 0 Å². The van der Waals surface area contributed by atoms with Gasteiger partial charge < -0.3 is 15.1 Å². The lowest BCUT2D eigenvalue weighted by molar-refractivity contribution is -0.129. The number of rotatable bonds is 5. The van der Waals surface area contributed by atoms with Gasteiger partial charge in [-0.2, -0.15) is 0 Å². The van der Waals surface area contributed by atoms with Crippen LogP contribution in [0.2, 0.25) is 15.2 Å². The Morgan fingerprint density at radius 1 is 0.971 bits per heavy atom. The topological polar surface area (TPSA) is 91.5 Å². The maximum absolute atomic E-state index is 13.0. The van der Waals surface area contributed by atoms with E-state index in [4.69, 9.17) is 34.8 Å². The van der Waals surface area contributed by atoms with Crippen LogP contribution in [0.5, 0.6) is 0 Å². The summed E-state index contributed by atoms with van der Waals surface area (Å²) in [4.78, 5) is 33.9. The summed E-state index contributed by atoms with van der Waals surface area (Å²) in [6.07, 6.45) is 9.92. The molecule has 1 aliphatic heterocycles. The van der Waals surface area contributed by atoms with Crippen LogP contribution in [0, 0.1) is 0 Å². The average molecular weight is 518 g/mol. The predicted octanol–water partition coefficient (Wildman–Crippen LogP) is 3.91. The number of hydrogen-bond acceptors (Lipinski definition) is 7. The molecule has 0 spiro atoms. The van der Waals surface area contributed by atoms with Crippen molar-refractivity contribution in [2.75, 3.05) is 42.9 Å². The number of halogens is 3. The van der Waals surface area contributed by atoms with Crippen molar-refractivity contribution in [1.82, 2.24) is 29.2 Å². The summed E-state index contributed by atoms with van der Waals surface area (Å²) in [5.41, 5.74) is 2.85. The highest BCUT2D eigenvalue weighted by atomic mass is 35.5. The van der Waals surface area contributed by atoms with E-state index in [1.165, 1.54) is 0 Å². The van der Waals surface area contributed by atoms with Gasteiger partial charge in [-0.05, 0) is 12.1 Å². The van der Waals surface area contributed by atoms with Gasteiger partial charge in [0.05, 0.1) is 28.5 Å². The highest BCUT2D eigenvalue weighted by Crippen LogP contribution is 2.33. The van der Waals surface area contributed by atoms with Gasteiger partial charge in [-0.3, -0.25) is 19.2 Å². The molecule has 4 aromatic heterocycles. The van der Waals surface area contributed by atoms with E-state index in [0.717, 1.165) is 11.3 Å². The number of anilines is 2. The van der Waals surface area contributed by atoms with Gasteiger partial charge >= 0.3 is 0 Å². The van der Waals surface area contributed by atoms with Gasteiger partial charge in [-0.1, -0.05) is 34.8 Å². The number of imidazole rings is 1. The molecule has 0 atom stereocenters. The number of pyridine rings is 2. The summed E-state index contributed by atoms with van der Waals surface area (Å²) in [7, 11) is 0. The van der Waals surface area contributed by atoms with Crippen LogP contribution in [0.15, 0.2) is 49.3 Å². The van der Waals surface area contributed by atoms with Gasteiger partial charge in [-0.15, -0.1) is 0 Å². The van der Waals surface area contributed by atoms with Crippen LogP contribution in [0.3, 0.4) is 0 Å². The minimum atomic E-state index is -0.0178. The van der Waals surface area contributed by atoms with E-state index in [0.29, 0.717) is 58.5 Å². The number of nitrogens with one attached hydrogen (secondary N) is 1. The van der Waals surface area contributed by atoms with Crippen molar-refractivity contribution in [3.05, 3.63) is 64.5 Å². The van der Waals surface area contributed by atoms with E-state index in [-0.39, 0.29) is 12.5 Å². The lowest BCUT2D eigenvalue weighted by Crippen LogP contribution is -2.50. The number of aromatic nitrogens is 5. The minimum absolute atomic E-state index is 0.0178. The molecule has 5 heterocycles. The average Bonchev–Trinajstić information content (AvgIpc) is 3.22. The van der Waals surface area contributed by atoms with Crippen molar-refractivity contribution in [3.8, 4) is 11.3 Å². The standard InChI is InChI=1S/C22H19Cl3N8O/c23-15-10-27-11-16(24)21(15)32-7-5-31(6-8-32)19(34)13-29-22-20(14-1-2-17(25)28-9-14)30-18-12-26-3-4-33(18)22/h1-4,9-12,29H,5-8,13H2. The molecule has 1 N–H and O–H groups in total. The fourth-order valence-electron chi connectivity index (χ4n) is 3.95. The molecule has 12 heteroatoms. The molecule has 4 aromatic rings. The first-order chi connectivity index (χ1) is 16.5. The molecule has 1 amide bonds. The van der Waals surface area contributed by atoms with Gasteiger partial charge in [0, 0.05) is 62.7 Å². The molecule has 0 aliphatic carbocycles. The first-order valence-electron chi connectivity index (χ1n) is 10.5. The maximum atomic E-state index is 13.0. The van der Waals surface area contributed by atoms with Crippen LogP contribution in [-0.4, -0.2) is 67.9 Å². The molecule has 174 valence electrons. The van der Waals surface area contributed by atoms with E-state index in [1.807, 2.05) is 15.4 Å². The number of piperazine rings is 1. The molecule has 0 saturated carbocycles. The zero-order valence-electron chi connectivity index (χ0n) is 17.8. The van der Waals surface area contributed by atoms with Gasteiger partial charge in [0.2, 0.25) is 5.91 Å². The maximum Gasteiger partial charge on any atom is 0.242 e. The zero-order valence-corrected chi connectivity index (χ0v) is 20.1. The third kappa shape index (κ3) is 4.46. The molecule has 1 aliphatic rings. The first kappa shape index (κ1) is 22.6. The van der Waals surface area contributed by atoms with Crippen LogP contribution in [0.4, 0.5) is 11.5 Å². The van der Waals surface area contributed by atoms with E-state index in [9.17, 15) is 4.79 Å². The highest BCUT2D eigenvalue weighted by molar-refractivity contribution is 6.38. The van der Waals surface area contributed by atoms with Crippen molar-refractivity contribution in [2.24, 2.45) is 0 Å².